The molecular weight excluding hydrogens is 352 g/mol. The first-order valence-corrected chi connectivity index (χ1v) is 9.74. The quantitative estimate of drug-likeness (QED) is 0.888. The molecular formula is C22H26N4O2. The minimum absolute atomic E-state index is 0.0120. The Hall–Kier alpha value is -2.89. The fraction of sp³-hybridized carbons (Fsp3) is 0.409. The number of benzene rings is 1. The predicted octanol–water partition coefficient (Wildman–Crippen LogP) is 3.29. The molecule has 0 unspecified atom stereocenters. The van der Waals surface area contributed by atoms with Crippen LogP contribution in [0.5, 0.6) is 0 Å². The van der Waals surface area contributed by atoms with Crippen molar-refractivity contribution in [2.75, 3.05) is 25.5 Å². The smallest absolute Gasteiger partial charge is 0.321 e. The van der Waals surface area contributed by atoms with E-state index < -0.39 is 0 Å². The summed E-state index contributed by atoms with van der Waals surface area (Å²) in [5, 5.41) is 2.97. The number of urea groups is 1. The van der Waals surface area contributed by atoms with Crippen LogP contribution in [0.4, 0.5) is 10.5 Å². The summed E-state index contributed by atoms with van der Waals surface area (Å²) in [6.45, 7) is 3.87. The molecule has 0 bridgehead atoms. The lowest BCUT2D eigenvalue weighted by atomic mass is 10.0. The van der Waals surface area contributed by atoms with Crippen LogP contribution in [-0.4, -0.2) is 46.9 Å². The van der Waals surface area contributed by atoms with E-state index in [1.807, 2.05) is 61.3 Å². The van der Waals surface area contributed by atoms with Crippen molar-refractivity contribution in [3.63, 3.8) is 0 Å². The summed E-state index contributed by atoms with van der Waals surface area (Å²) >= 11 is 0. The number of rotatable bonds is 4. The minimum atomic E-state index is -0.0811. The molecule has 4 rings (SSSR count). The number of nitrogens with zero attached hydrogens (tertiary/aromatic N) is 3. The number of pyridine rings is 1. The van der Waals surface area contributed by atoms with Crippen LogP contribution >= 0.6 is 0 Å². The summed E-state index contributed by atoms with van der Waals surface area (Å²) in [4.78, 5) is 33.4. The number of carbonyl (C=O) groups is 2. The largest absolute Gasteiger partial charge is 0.340 e. The van der Waals surface area contributed by atoms with Gasteiger partial charge in [-0.15, -0.1) is 0 Å². The molecule has 2 aromatic rings. The number of hydrogen-bond donors (Lipinski definition) is 1. The third-order valence-electron chi connectivity index (χ3n) is 5.93. The maximum Gasteiger partial charge on any atom is 0.321 e. The molecule has 1 aromatic carbocycles. The zero-order valence-corrected chi connectivity index (χ0v) is 16.4. The van der Waals surface area contributed by atoms with Gasteiger partial charge >= 0.3 is 6.03 Å². The van der Waals surface area contributed by atoms with Gasteiger partial charge in [-0.05, 0) is 49.6 Å². The summed E-state index contributed by atoms with van der Waals surface area (Å²) < 4.78 is 0. The van der Waals surface area contributed by atoms with Crippen LogP contribution in [0.25, 0.3) is 0 Å². The second-order valence-electron chi connectivity index (χ2n) is 8.11. The molecule has 1 saturated carbocycles. The number of anilines is 1. The van der Waals surface area contributed by atoms with Gasteiger partial charge in [-0.2, -0.15) is 0 Å². The van der Waals surface area contributed by atoms with E-state index in [2.05, 4.69) is 10.3 Å². The first-order valence-electron chi connectivity index (χ1n) is 9.74. The Morgan fingerprint density at radius 3 is 2.89 bits per heavy atom. The minimum Gasteiger partial charge on any atom is -0.340 e. The molecule has 0 radical (unpaired) electrons. The van der Waals surface area contributed by atoms with Crippen molar-refractivity contribution in [2.24, 2.45) is 11.3 Å². The third-order valence-corrected chi connectivity index (χ3v) is 5.93. The van der Waals surface area contributed by atoms with E-state index in [9.17, 15) is 9.59 Å². The van der Waals surface area contributed by atoms with E-state index in [0.717, 1.165) is 29.8 Å². The first kappa shape index (κ1) is 18.5. The molecule has 146 valence electrons. The molecule has 2 heterocycles. The highest BCUT2D eigenvalue weighted by atomic mass is 16.2. The Bertz CT molecular complexity index is 885. The molecule has 1 N–H and O–H groups in total. The van der Waals surface area contributed by atoms with Gasteiger partial charge in [-0.1, -0.05) is 18.2 Å². The van der Waals surface area contributed by atoms with Crippen LogP contribution in [-0.2, 0) is 11.3 Å². The fourth-order valence-corrected chi connectivity index (χ4v) is 4.22. The molecule has 1 saturated heterocycles. The molecule has 1 aromatic heterocycles. The Morgan fingerprint density at radius 1 is 1.29 bits per heavy atom. The van der Waals surface area contributed by atoms with Gasteiger partial charge in [-0.3, -0.25) is 9.78 Å². The number of likely N-dealkylation sites (tertiary alicyclic amines) is 1. The molecule has 6 nitrogen and oxygen atoms in total. The number of aryl methyl sites for hydroxylation is 1. The third kappa shape index (κ3) is 3.72. The standard InChI is InChI=1S/C22H26N4O2/c1-16-6-5-8-17(12-16)24-21(28)26-11-9-22(15-26)13-19(22)20(27)25(2)14-18-7-3-4-10-23-18/h3-8,10,12,19H,9,11,13-15H2,1-2H3,(H,24,28)/t19-,22-/m1/s1. The average molecular weight is 378 g/mol. The zero-order chi connectivity index (χ0) is 19.7. The van der Waals surface area contributed by atoms with Crippen LogP contribution in [0.1, 0.15) is 24.1 Å². The summed E-state index contributed by atoms with van der Waals surface area (Å²) in [6, 6.07) is 13.4. The monoisotopic (exact) mass is 378 g/mol. The van der Waals surface area contributed by atoms with E-state index in [0.29, 0.717) is 19.6 Å². The SMILES string of the molecule is Cc1cccc(NC(=O)N2CC[C@@]3(C[C@@H]3C(=O)N(C)Cc3ccccn3)C2)c1. The predicted molar refractivity (Wildman–Crippen MR) is 108 cm³/mol. The van der Waals surface area contributed by atoms with E-state index >= 15 is 0 Å². The summed E-state index contributed by atoms with van der Waals surface area (Å²) in [5.74, 6) is 0.171. The van der Waals surface area contributed by atoms with E-state index in [1.54, 1.807) is 11.1 Å². The summed E-state index contributed by atoms with van der Waals surface area (Å²) in [6.07, 6.45) is 3.50. The lowest BCUT2D eigenvalue weighted by Gasteiger charge is -2.20. The van der Waals surface area contributed by atoms with Crippen molar-refractivity contribution in [1.82, 2.24) is 14.8 Å². The molecule has 28 heavy (non-hydrogen) atoms. The number of hydrogen-bond acceptors (Lipinski definition) is 3. The first-order chi connectivity index (χ1) is 13.5. The molecule has 2 fully saturated rings. The molecule has 6 heteroatoms. The number of carbonyl (C=O) groups excluding carboxylic acids is 2. The molecule has 1 aliphatic carbocycles. The van der Waals surface area contributed by atoms with Crippen molar-refractivity contribution < 1.29 is 9.59 Å². The van der Waals surface area contributed by atoms with Crippen LogP contribution < -0.4 is 5.32 Å². The summed E-state index contributed by atoms with van der Waals surface area (Å²) in [7, 11) is 1.83. The fourth-order valence-electron chi connectivity index (χ4n) is 4.22. The van der Waals surface area contributed by atoms with Crippen LogP contribution in [0.2, 0.25) is 0 Å². The van der Waals surface area contributed by atoms with Crippen molar-refractivity contribution in [1.29, 1.82) is 0 Å². The van der Waals surface area contributed by atoms with Gasteiger partial charge in [0, 0.05) is 43.4 Å². The topological polar surface area (TPSA) is 65.5 Å². The maximum atomic E-state index is 12.9. The van der Waals surface area contributed by atoms with Crippen molar-refractivity contribution in [3.05, 3.63) is 59.9 Å². The number of nitrogens with one attached hydrogen (secondary N) is 1. The van der Waals surface area contributed by atoms with Crippen molar-refractivity contribution in [2.45, 2.75) is 26.3 Å². The van der Waals surface area contributed by atoms with Crippen LogP contribution in [0.3, 0.4) is 0 Å². The molecule has 2 atom stereocenters. The van der Waals surface area contributed by atoms with E-state index in [-0.39, 0.29) is 23.3 Å². The lowest BCUT2D eigenvalue weighted by molar-refractivity contribution is -0.132. The Balaban J connectivity index is 1.33. The number of amides is 3. The van der Waals surface area contributed by atoms with E-state index in [4.69, 9.17) is 0 Å². The van der Waals surface area contributed by atoms with Crippen LogP contribution in [0.15, 0.2) is 48.7 Å². The Labute approximate surface area is 165 Å². The molecule has 1 aliphatic heterocycles. The zero-order valence-electron chi connectivity index (χ0n) is 16.4. The average Bonchev–Trinajstić information content (AvgIpc) is 3.20. The Kier molecular flexibility index (Phi) is 4.79. The Morgan fingerprint density at radius 2 is 2.14 bits per heavy atom. The van der Waals surface area contributed by atoms with Gasteiger partial charge in [-0.25, -0.2) is 4.79 Å². The van der Waals surface area contributed by atoms with Gasteiger partial charge in [0.25, 0.3) is 0 Å². The lowest BCUT2D eigenvalue weighted by Crippen LogP contribution is -2.34. The normalized spacial score (nSPS) is 22.9. The van der Waals surface area contributed by atoms with Gasteiger partial charge in [0.05, 0.1) is 12.2 Å². The van der Waals surface area contributed by atoms with Crippen LogP contribution in [0, 0.1) is 18.3 Å². The second kappa shape index (κ2) is 7.26. The summed E-state index contributed by atoms with van der Waals surface area (Å²) in [5.41, 5.74) is 2.77. The molecule has 3 amide bonds. The van der Waals surface area contributed by atoms with Gasteiger partial charge in [0.2, 0.25) is 5.91 Å². The number of aromatic nitrogens is 1. The highest BCUT2D eigenvalue weighted by molar-refractivity contribution is 5.90. The van der Waals surface area contributed by atoms with Crippen molar-refractivity contribution >= 4 is 17.6 Å². The van der Waals surface area contributed by atoms with Gasteiger partial charge in [0.1, 0.15) is 0 Å². The highest BCUT2D eigenvalue weighted by Crippen LogP contribution is 2.59. The maximum absolute atomic E-state index is 12.9. The van der Waals surface area contributed by atoms with Gasteiger partial charge < -0.3 is 15.1 Å². The molecule has 2 aliphatic rings. The van der Waals surface area contributed by atoms with Gasteiger partial charge in [0.15, 0.2) is 0 Å². The highest BCUT2D eigenvalue weighted by Gasteiger charge is 2.61. The van der Waals surface area contributed by atoms with Crippen molar-refractivity contribution in [3.8, 4) is 0 Å². The second-order valence-corrected chi connectivity index (χ2v) is 8.11. The van der Waals surface area contributed by atoms with E-state index in [1.165, 1.54) is 0 Å². The molecule has 1 spiro atoms.